The van der Waals surface area contributed by atoms with Gasteiger partial charge in [-0.2, -0.15) is 5.26 Å². The molecule has 0 amide bonds. The van der Waals surface area contributed by atoms with Gasteiger partial charge in [-0.1, -0.05) is 11.6 Å². The van der Waals surface area contributed by atoms with Crippen LogP contribution in [-0.2, 0) is 4.74 Å². The van der Waals surface area contributed by atoms with Gasteiger partial charge in [-0.15, -0.1) is 0 Å². The van der Waals surface area contributed by atoms with Crippen molar-refractivity contribution in [3.05, 3.63) is 47.0 Å². The lowest BCUT2D eigenvalue weighted by molar-refractivity contribution is 0.0586. The highest BCUT2D eigenvalue weighted by Crippen LogP contribution is 2.45. The molecule has 2 aromatic rings. The van der Waals surface area contributed by atoms with Gasteiger partial charge >= 0.3 is 5.97 Å². The lowest BCUT2D eigenvalue weighted by atomic mass is 9.76. The Morgan fingerprint density at radius 1 is 1.27 bits per heavy atom. The minimum Gasteiger partial charge on any atom is -0.463 e. The van der Waals surface area contributed by atoms with E-state index in [1.807, 2.05) is 12.1 Å². The Morgan fingerprint density at radius 3 is 2.57 bits per heavy atom. The second kappa shape index (κ2) is 8.11. The van der Waals surface area contributed by atoms with Crippen molar-refractivity contribution in [3.63, 3.8) is 0 Å². The van der Waals surface area contributed by atoms with Gasteiger partial charge in [0.15, 0.2) is 0 Å². The Bertz CT molecular complexity index is 980. The van der Waals surface area contributed by atoms with Crippen LogP contribution in [0.2, 0.25) is 5.02 Å². The molecule has 1 spiro atoms. The molecule has 0 saturated carbocycles. The SMILES string of the molecule is COC(=O)c1ncc(N2CCC3(CC2)C[C@H](C)N(c2ccc(C#N)c(Cl)c2)C3)cn1. The third-order valence-corrected chi connectivity index (χ3v) is 6.68. The Labute approximate surface area is 181 Å². The zero-order chi connectivity index (χ0) is 21.3. The summed E-state index contributed by atoms with van der Waals surface area (Å²) < 4.78 is 4.66. The summed E-state index contributed by atoms with van der Waals surface area (Å²) in [7, 11) is 1.32. The number of rotatable bonds is 3. The number of methoxy groups -OCH3 is 1. The van der Waals surface area contributed by atoms with Crippen LogP contribution in [0, 0.1) is 16.7 Å². The first kappa shape index (κ1) is 20.4. The average Bonchev–Trinajstić information content (AvgIpc) is 3.09. The fraction of sp³-hybridized carbons (Fsp3) is 0.455. The highest BCUT2D eigenvalue weighted by molar-refractivity contribution is 6.32. The first-order valence-electron chi connectivity index (χ1n) is 10.1. The van der Waals surface area contributed by atoms with E-state index in [4.69, 9.17) is 16.9 Å². The van der Waals surface area contributed by atoms with E-state index in [9.17, 15) is 4.79 Å². The van der Waals surface area contributed by atoms with E-state index < -0.39 is 5.97 Å². The number of hydrogen-bond donors (Lipinski definition) is 0. The highest BCUT2D eigenvalue weighted by Gasteiger charge is 2.44. The predicted octanol–water partition coefficient (Wildman–Crippen LogP) is 3.67. The number of carbonyl (C=O) groups excluding carboxylic acids is 1. The third kappa shape index (κ3) is 3.80. The van der Waals surface area contributed by atoms with Gasteiger partial charge in [0.25, 0.3) is 0 Å². The Hall–Kier alpha value is -2.85. The lowest BCUT2D eigenvalue weighted by Crippen LogP contribution is -2.41. The summed E-state index contributed by atoms with van der Waals surface area (Å²) in [5.74, 6) is -0.446. The maximum atomic E-state index is 11.5. The van der Waals surface area contributed by atoms with Gasteiger partial charge < -0.3 is 14.5 Å². The van der Waals surface area contributed by atoms with Crippen molar-refractivity contribution in [1.82, 2.24) is 9.97 Å². The summed E-state index contributed by atoms with van der Waals surface area (Å²) in [5, 5.41) is 9.62. The molecule has 3 heterocycles. The standard InChI is InChI=1S/C22H24ClN5O2/c1-15-10-22(14-28(15)17-4-3-16(11-24)19(23)9-17)5-7-27(8-6-22)18-12-25-20(26-13-18)21(29)30-2/h3-4,9,12-13,15H,5-8,10,14H2,1-2H3/t15-/m0/s1. The van der Waals surface area contributed by atoms with Crippen LogP contribution in [-0.4, -0.2) is 48.7 Å². The van der Waals surface area contributed by atoms with E-state index in [0.717, 1.165) is 50.3 Å². The minimum absolute atomic E-state index is 0.0797. The Kier molecular flexibility index (Phi) is 5.52. The summed E-state index contributed by atoms with van der Waals surface area (Å²) in [4.78, 5) is 24.5. The number of anilines is 2. The van der Waals surface area contributed by atoms with Crippen molar-refractivity contribution >= 4 is 28.9 Å². The van der Waals surface area contributed by atoms with Crippen molar-refractivity contribution in [3.8, 4) is 6.07 Å². The predicted molar refractivity (Wildman–Crippen MR) is 115 cm³/mol. The number of esters is 1. The van der Waals surface area contributed by atoms with Crippen LogP contribution >= 0.6 is 11.6 Å². The van der Waals surface area contributed by atoms with Crippen molar-refractivity contribution < 1.29 is 9.53 Å². The highest BCUT2D eigenvalue weighted by atomic mass is 35.5. The molecule has 0 unspecified atom stereocenters. The number of carbonyl (C=O) groups is 1. The number of nitrogens with zero attached hydrogens (tertiary/aromatic N) is 5. The summed E-state index contributed by atoms with van der Waals surface area (Å²) in [5.41, 5.74) is 2.79. The molecule has 2 aliphatic heterocycles. The van der Waals surface area contributed by atoms with Crippen LogP contribution in [0.3, 0.4) is 0 Å². The van der Waals surface area contributed by atoms with Crippen molar-refractivity contribution in [2.45, 2.75) is 32.2 Å². The molecular formula is C22H24ClN5O2. The monoisotopic (exact) mass is 425 g/mol. The fourth-order valence-electron chi connectivity index (χ4n) is 4.72. The van der Waals surface area contributed by atoms with Gasteiger partial charge in [0.05, 0.1) is 35.8 Å². The molecule has 1 aromatic carbocycles. The largest absolute Gasteiger partial charge is 0.463 e. The molecule has 0 bridgehead atoms. The smallest absolute Gasteiger partial charge is 0.376 e. The normalized spacial score (nSPS) is 20.3. The van der Waals surface area contributed by atoms with Crippen LogP contribution in [0.15, 0.2) is 30.6 Å². The van der Waals surface area contributed by atoms with E-state index in [2.05, 4.69) is 37.5 Å². The molecule has 2 fully saturated rings. The van der Waals surface area contributed by atoms with Gasteiger partial charge in [0.1, 0.15) is 6.07 Å². The number of benzene rings is 1. The van der Waals surface area contributed by atoms with Gasteiger partial charge in [0, 0.05) is 31.4 Å². The summed E-state index contributed by atoms with van der Waals surface area (Å²) in [6.45, 7) is 5.10. The van der Waals surface area contributed by atoms with E-state index >= 15 is 0 Å². The van der Waals surface area contributed by atoms with Gasteiger partial charge in [-0.25, -0.2) is 14.8 Å². The third-order valence-electron chi connectivity index (χ3n) is 6.37. The molecule has 2 saturated heterocycles. The van der Waals surface area contributed by atoms with Crippen LogP contribution in [0.4, 0.5) is 11.4 Å². The van der Waals surface area contributed by atoms with Crippen molar-refractivity contribution in [1.29, 1.82) is 5.26 Å². The summed E-state index contributed by atoms with van der Waals surface area (Å²) in [6.07, 6.45) is 6.68. The maximum Gasteiger partial charge on any atom is 0.376 e. The fourth-order valence-corrected chi connectivity index (χ4v) is 4.94. The van der Waals surface area contributed by atoms with Gasteiger partial charge in [-0.3, -0.25) is 0 Å². The molecule has 1 aromatic heterocycles. The Morgan fingerprint density at radius 2 is 1.97 bits per heavy atom. The molecule has 0 N–H and O–H groups in total. The number of hydrogen-bond acceptors (Lipinski definition) is 7. The molecule has 8 heteroatoms. The zero-order valence-electron chi connectivity index (χ0n) is 17.1. The first-order valence-corrected chi connectivity index (χ1v) is 10.4. The molecular weight excluding hydrogens is 402 g/mol. The second-order valence-corrected chi connectivity index (χ2v) is 8.61. The number of nitriles is 1. The average molecular weight is 426 g/mol. The van der Waals surface area contributed by atoms with E-state index in [-0.39, 0.29) is 11.2 Å². The van der Waals surface area contributed by atoms with E-state index in [1.54, 1.807) is 18.5 Å². The topological polar surface area (TPSA) is 82.4 Å². The molecule has 4 rings (SSSR count). The van der Waals surface area contributed by atoms with Crippen molar-refractivity contribution in [2.24, 2.45) is 5.41 Å². The van der Waals surface area contributed by atoms with Crippen LogP contribution in [0.25, 0.3) is 0 Å². The van der Waals surface area contributed by atoms with Gasteiger partial charge in [0.2, 0.25) is 5.82 Å². The number of ether oxygens (including phenoxy) is 1. The molecule has 2 aliphatic rings. The van der Waals surface area contributed by atoms with Gasteiger partial charge in [-0.05, 0) is 49.8 Å². The van der Waals surface area contributed by atoms with E-state index in [0.29, 0.717) is 16.6 Å². The number of aromatic nitrogens is 2. The second-order valence-electron chi connectivity index (χ2n) is 8.20. The number of piperidine rings is 1. The lowest BCUT2D eigenvalue weighted by Gasteiger charge is -2.40. The van der Waals surface area contributed by atoms with Crippen LogP contribution in [0.1, 0.15) is 42.4 Å². The van der Waals surface area contributed by atoms with E-state index in [1.165, 1.54) is 7.11 Å². The van der Waals surface area contributed by atoms with Crippen LogP contribution in [0.5, 0.6) is 0 Å². The molecule has 156 valence electrons. The minimum atomic E-state index is -0.526. The molecule has 7 nitrogen and oxygen atoms in total. The van der Waals surface area contributed by atoms with Crippen LogP contribution < -0.4 is 9.80 Å². The Balaban J connectivity index is 1.43. The number of halogens is 1. The zero-order valence-corrected chi connectivity index (χ0v) is 17.9. The summed E-state index contributed by atoms with van der Waals surface area (Å²) in [6, 6.07) is 8.25. The quantitative estimate of drug-likeness (QED) is 0.693. The maximum absolute atomic E-state index is 11.5. The first-order chi connectivity index (χ1) is 14.4. The molecule has 0 aliphatic carbocycles. The molecule has 0 radical (unpaired) electrons. The molecule has 30 heavy (non-hydrogen) atoms. The molecule has 1 atom stereocenters. The van der Waals surface area contributed by atoms with Crippen molar-refractivity contribution in [2.75, 3.05) is 36.5 Å². The summed E-state index contributed by atoms with van der Waals surface area (Å²) >= 11 is 6.26.